The molecule has 0 aromatic heterocycles. The van der Waals surface area contributed by atoms with Crippen molar-refractivity contribution in [3.63, 3.8) is 0 Å². The van der Waals surface area contributed by atoms with E-state index in [1.165, 1.54) is 6.07 Å². The zero-order valence-corrected chi connectivity index (χ0v) is 13.9. The molecule has 0 aliphatic carbocycles. The molecule has 1 rings (SSSR count). The first-order valence-electron chi connectivity index (χ1n) is 6.85. The van der Waals surface area contributed by atoms with Crippen LogP contribution in [0.1, 0.15) is 20.3 Å². The van der Waals surface area contributed by atoms with E-state index in [4.69, 9.17) is 0 Å². The van der Waals surface area contributed by atoms with Crippen LogP contribution in [0.2, 0.25) is 0 Å². The third-order valence-electron chi connectivity index (χ3n) is 2.75. The molecule has 0 spiro atoms. The molecule has 0 saturated heterocycles. The third kappa shape index (κ3) is 5.64. The summed E-state index contributed by atoms with van der Waals surface area (Å²) in [6.07, 6.45) is 0.533. The molecule has 0 radical (unpaired) electrons. The first-order valence-corrected chi connectivity index (χ1v) is 10.2. The predicted molar refractivity (Wildman–Crippen MR) is 84.7 cm³/mol. The molecule has 2 N–H and O–H groups in total. The van der Waals surface area contributed by atoms with Gasteiger partial charge in [0.25, 0.3) is 0 Å². The average molecular weight is 334 g/mol. The molecule has 0 amide bonds. The van der Waals surface area contributed by atoms with Gasteiger partial charge in [0.2, 0.25) is 10.0 Å². The lowest BCUT2D eigenvalue weighted by Crippen LogP contribution is -2.29. The number of rotatable bonds is 9. The molecule has 0 aliphatic heterocycles. The van der Waals surface area contributed by atoms with Crippen LogP contribution in [-0.2, 0) is 19.9 Å². The lowest BCUT2D eigenvalue weighted by Gasteiger charge is -2.12. The summed E-state index contributed by atoms with van der Waals surface area (Å²) >= 11 is 0. The van der Waals surface area contributed by atoms with Crippen LogP contribution in [0.4, 0.5) is 5.69 Å². The number of benzene rings is 1. The molecule has 0 bridgehead atoms. The van der Waals surface area contributed by atoms with Gasteiger partial charge in [-0.2, -0.15) is 0 Å². The number of hydrogen-bond acceptors (Lipinski definition) is 5. The van der Waals surface area contributed by atoms with Crippen LogP contribution in [0.25, 0.3) is 0 Å². The monoisotopic (exact) mass is 334 g/mol. The van der Waals surface area contributed by atoms with E-state index in [9.17, 15) is 16.8 Å². The lowest BCUT2D eigenvalue weighted by molar-refractivity contribution is 0.584. The Labute approximate surface area is 126 Å². The van der Waals surface area contributed by atoms with Gasteiger partial charge in [0.15, 0.2) is 9.84 Å². The minimum atomic E-state index is -3.34. The molecule has 6 nitrogen and oxygen atoms in total. The average Bonchev–Trinajstić information content (AvgIpc) is 2.38. The maximum absolute atomic E-state index is 12.1. The maximum Gasteiger partial charge on any atom is 0.213 e. The van der Waals surface area contributed by atoms with Crippen LogP contribution >= 0.6 is 0 Å². The Bertz CT molecular complexity index is 655. The van der Waals surface area contributed by atoms with Crippen LogP contribution in [0.5, 0.6) is 0 Å². The Kier molecular flexibility index (Phi) is 6.63. The summed E-state index contributed by atoms with van der Waals surface area (Å²) in [5.41, 5.74) is 0.442. The molecule has 0 aliphatic rings. The van der Waals surface area contributed by atoms with E-state index in [0.717, 1.165) is 0 Å². The van der Waals surface area contributed by atoms with Gasteiger partial charge < -0.3 is 5.32 Å². The molecule has 0 heterocycles. The third-order valence-corrected chi connectivity index (χ3v) is 6.19. The van der Waals surface area contributed by atoms with Crippen molar-refractivity contribution in [2.45, 2.75) is 25.2 Å². The summed E-state index contributed by atoms with van der Waals surface area (Å²) in [7, 11) is -6.67. The highest BCUT2D eigenvalue weighted by Gasteiger charge is 2.17. The normalized spacial score (nSPS) is 12.3. The van der Waals surface area contributed by atoms with E-state index in [-0.39, 0.29) is 22.9 Å². The van der Waals surface area contributed by atoms with Gasteiger partial charge in [0, 0.05) is 13.1 Å². The Morgan fingerprint density at radius 2 is 1.67 bits per heavy atom. The van der Waals surface area contributed by atoms with Crippen LogP contribution in [0.3, 0.4) is 0 Å². The molecule has 120 valence electrons. The van der Waals surface area contributed by atoms with E-state index < -0.39 is 19.9 Å². The quantitative estimate of drug-likeness (QED) is 0.708. The molecule has 0 unspecified atom stereocenters. The summed E-state index contributed by atoms with van der Waals surface area (Å²) < 4.78 is 49.7. The number of anilines is 1. The van der Waals surface area contributed by atoms with Crippen LogP contribution in [-0.4, -0.2) is 41.4 Å². The first-order chi connectivity index (χ1) is 9.82. The standard InChI is InChI=1S/C13H22N2O4S2/c1-3-10-20(16,17)13-8-6-5-7-12(13)14-9-11-21(18,19)15-4-2/h5-8,14-15H,3-4,9-11H2,1-2H3. The van der Waals surface area contributed by atoms with Crippen LogP contribution in [0, 0.1) is 0 Å². The number of sulfonamides is 1. The summed E-state index contributed by atoms with van der Waals surface area (Å²) in [6.45, 7) is 3.99. The van der Waals surface area contributed by atoms with Crippen molar-refractivity contribution in [3.05, 3.63) is 24.3 Å². The van der Waals surface area contributed by atoms with Crippen molar-refractivity contribution in [2.24, 2.45) is 0 Å². The van der Waals surface area contributed by atoms with Gasteiger partial charge in [-0.25, -0.2) is 21.6 Å². The number of sulfone groups is 1. The smallest absolute Gasteiger partial charge is 0.213 e. The second-order valence-electron chi connectivity index (χ2n) is 4.56. The maximum atomic E-state index is 12.1. The number of nitrogens with one attached hydrogen (secondary N) is 2. The number of para-hydroxylation sites is 1. The summed E-state index contributed by atoms with van der Waals surface area (Å²) in [6, 6.07) is 6.55. The van der Waals surface area contributed by atoms with Gasteiger partial charge in [-0.15, -0.1) is 0 Å². The van der Waals surface area contributed by atoms with Crippen molar-refractivity contribution < 1.29 is 16.8 Å². The highest BCUT2D eigenvalue weighted by Crippen LogP contribution is 2.22. The molecule has 0 fully saturated rings. The second-order valence-corrected chi connectivity index (χ2v) is 8.56. The minimum absolute atomic E-state index is 0.0708. The topological polar surface area (TPSA) is 92.3 Å². The summed E-state index contributed by atoms with van der Waals surface area (Å²) in [4.78, 5) is 0.215. The summed E-state index contributed by atoms with van der Waals surface area (Å²) in [5, 5.41) is 2.89. The zero-order valence-electron chi connectivity index (χ0n) is 12.3. The van der Waals surface area contributed by atoms with Gasteiger partial charge in [-0.1, -0.05) is 26.0 Å². The highest BCUT2D eigenvalue weighted by molar-refractivity contribution is 7.91. The molecule has 1 aromatic rings. The van der Waals surface area contributed by atoms with Crippen molar-refractivity contribution in [2.75, 3.05) is 29.9 Å². The molecule has 8 heteroatoms. The summed E-state index contributed by atoms with van der Waals surface area (Å²) in [5.74, 6) is -0.0373. The zero-order chi connectivity index (χ0) is 15.9. The molecular weight excluding hydrogens is 312 g/mol. The van der Waals surface area contributed by atoms with E-state index in [0.29, 0.717) is 18.7 Å². The number of hydrogen-bond donors (Lipinski definition) is 2. The second kappa shape index (κ2) is 7.77. The van der Waals surface area contributed by atoms with Gasteiger partial charge in [-0.3, -0.25) is 0 Å². The van der Waals surface area contributed by atoms with Gasteiger partial charge in [0.1, 0.15) is 0 Å². The fraction of sp³-hybridized carbons (Fsp3) is 0.538. The van der Waals surface area contributed by atoms with Crippen molar-refractivity contribution in [1.29, 1.82) is 0 Å². The predicted octanol–water partition coefficient (Wildman–Crippen LogP) is 1.22. The van der Waals surface area contributed by atoms with E-state index in [2.05, 4.69) is 10.0 Å². The van der Waals surface area contributed by atoms with E-state index in [1.807, 2.05) is 0 Å². The largest absolute Gasteiger partial charge is 0.383 e. The Hall–Kier alpha value is -1.12. The fourth-order valence-corrected chi connectivity index (χ4v) is 4.35. The molecule has 21 heavy (non-hydrogen) atoms. The minimum Gasteiger partial charge on any atom is -0.383 e. The first kappa shape index (κ1) is 17.9. The SMILES string of the molecule is CCCS(=O)(=O)c1ccccc1NCCS(=O)(=O)NCC. The fourth-order valence-electron chi connectivity index (χ4n) is 1.87. The highest BCUT2D eigenvalue weighted by atomic mass is 32.2. The lowest BCUT2D eigenvalue weighted by atomic mass is 10.3. The molecule has 0 saturated carbocycles. The molecule has 0 atom stereocenters. The molecule has 1 aromatic carbocycles. The Morgan fingerprint density at radius 1 is 1.00 bits per heavy atom. The Balaban J connectivity index is 2.82. The Morgan fingerprint density at radius 3 is 2.29 bits per heavy atom. The molecular formula is C13H22N2O4S2. The van der Waals surface area contributed by atoms with Crippen LogP contribution in [0.15, 0.2) is 29.2 Å². The van der Waals surface area contributed by atoms with E-state index >= 15 is 0 Å². The van der Waals surface area contributed by atoms with Gasteiger partial charge in [-0.05, 0) is 18.6 Å². The van der Waals surface area contributed by atoms with Gasteiger partial charge >= 0.3 is 0 Å². The van der Waals surface area contributed by atoms with Gasteiger partial charge in [0.05, 0.1) is 22.1 Å². The van der Waals surface area contributed by atoms with Crippen molar-refractivity contribution >= 4 is 25.5 Å². The van der Waals surface area contributed by atoms with Crippen LogP contribution < -0.4 is 10.0 Å². The van der Waals surface area contributed by atoms with Crippen molar-refractivity contribution in [3.8, 4) is 0 Å². The van der Waals surface area contributed by atoms with E-state index in [1.54, 1.807) is 32.0 Å². The van der Waals surface area contributed by atoms with Crippen molar-refractivity contribution in [1.82, 2.24) is 4.72 Å².